The molecule has 0 aromatic heterocycles. The first-order valence-corrected chi connectivity index (χ1v) is 7.48. The number of nitrogens with one attached hydrogen (secondary N) is 3. The summed E-state index contributed by atoms with van der Waals surface area (Å²) in [6.45, 7) is 1.38. The van der Waals surface area contributed by atoms with Crippen LogP contribution >= 0.6 is 15.9 Å². The third kappa shape index (κ3) is 5.30. The van der Waals surface area contributed by atoms with Crippen LogP contribution in [0.4, 0.5) is 5.69 Å². The molecule has 0 atom stereocenters. The van der Waals surface area contributed by atoms with E-state index in [9.17, 15) is 9.59 Å². The Kier molecular flexibility index (Phi) is 5.55. The number of benzene rings is 1. The first-order chi connectivity index (χ1) is 9.65. The predicted octanol–water partition coefficient (Wildman–Crippen LogP) is 1.50. The van der Waals surface area contributed by atoms with Gasteiger partial charge in [-0.3, -0.25) is 9.59 Å². The van der Waals surface area contributed by atoms with Crippen LogP contribution in [0.2, 0.25) is 0 Å². The predicted molar refractivity (Wildman–Crippen MR) is 81.4 cm³/mol. The molecule has 6 heteroatoms. The standard InChI is InChI=1S/C14H18BrN3O2/c15-11-3-5-12(6-4-11)18-13(19)9-16-7-8-17-14(20)10-1-2-10/h3-6,10,16H,1-2,7-9H2,(H,17,20)(H,18,19). The van der Waals surface area contributed by atoms with Crippen molar-refractivity contribution in [1.82, 2.24) is 10.6 Å². The van der Waals surface area contributed by atoms with Crippen LogP contribution in [0.25, 0.3) is 0 Å². The van der Waals surface area contributed by atoms with Gasteiger partial charge in [-0.2, -0.15) is 0 Å². The molecule has 3 N–H and O–H groups in total. The van der Waals surface area contributed by atoms with Crippen molar-refractivity contribution in [3.05, 3.63) is 28.7 Å². The molecular formula is C14H18BrN3O2. The van der Waals surface area contributed by atoms with Gasteiger partial charge in [-0.1, -0.05) is 15.9 Å². The van der Waals surface area contributed by atoms with Gasteiger partial charge >= 0.3 is 0 Å². The number of anilines is 1. The molecule has 2 amide bonds. The van der Waals surface area contributed by atoms with E-state index in [1.165, 1.54) is 0 Å². The van der Waals surface area contributed by atoms with Gasteiger partial charge in [0.1, 0.15) is 0 Å². The number of hydrogen-bond acceptors (Lipinski definition) is 3. The van der Waals surface area contributed by atoms with Crippen molar-refractivity contribution in [2.45, 2.75) is 12.8 Å². The van der Waals surface area contributed by atoms with Crippen molar-refractivity contribution >= 4 is 33.4 Å². The molecule has 0 unspecified atom stereocenters. The van der Waals surface area contributed by atoms with Crippen molar-refractivity contribution in [2.75, 3.05) is 25.0 Å². The molecule has 0 bridgehead atoms. The van der Waals surface area contributed by atoms with E-state index in [1.54, 1.807) is 0 Å². The highest BCUT2D eigenvalue weighted by molar-refractivity contribution is 9.10. The monoisotopic (exact) mass is 339 g/mol. The first kappa shape index (κ1) is 15.0. The van der Waals surface area contributed by atoms with Gasteiger partial charge in [-0.15, -0.1) is 0 Å². The molecule has 1 aliphatic carbocycles. The molecule has 5 nitrogen and oxygen atoms in total. The molecule has 0 heterocycles. The summed E-state index contributed by atoms with van der Waals surface area (Å²) in [5, 5.41) is 8.62. The summed E-state index contributed by atoms with van der Waals surface area (Å²) in [5.74, 6) is 0.266. The zero-order valence-electron chi connectivity index (χ0n) is 11.1. The first-order valence-electron chi connectivity index (χ1n) is 6.69. The molecular weight excluding hydrogens is 322 g/mol. The Balaban J connectivity index is 1.55. The summed E-state index contributed by atoms with van der Waals surface area (Å²) < 4.78 is 0.972. The van der Waals surface area contributed by atoms with Crippen LogP contribution in [0.5, 0.6) is 0 Å². The largest absolute Gasteiger partial charge is 0.355 e. The minimum absolute atomic E-state index is 0.0964. The van der Waals surface area contributed by atoms with Crippen molar-refractivity contribution < 1.29 is 9.59 Å². The molecule has 0 saturated heterocycles. The molecule has 20 heavy (non-hydrogen) atoms. The molecule has 2 rings (SSSR count). The SMILES string of the molecule is O=C(CNCCNC(=O)C1CC1)Nc1ccc(Br)cc1. The highest BCUT2D eigenvalue weighted by Gasteiger charge is 2.28. The van der Waals surface area contributed by atoms with Crippen molar-refractivity contribution in [3.63, 3.8) is 0 Å². The normalized spacial score (nSPS) is 13.8. The van der Waals surface area contributed by atoms with Crippen LogP contribution in [0.3, 0.4) is 0 Å². The average molecular weight is 340 g/mol. The fraction of sp³-hybridized carbons (Fsp3) is 0.429. The summed E-state index contributed by atoms with van der Waals surface area (Å²) in [6.07, 6.45) is 2.02. The van der Waals surface area contributed by atoms with Gasteiger partial charge in [-0.25, -0.2) is 0 Å². The van der Waals surface area contributed by atoms with E-state index in [0.29, 0.717) is 13.1 Å². The average Bonchev–Trinajstić information content (AvgIpc) is 3.25. The molecule has 0 radical (unpaired) electrons. The molecule has 0 spiro atoms. The van der Waals surface area contributed by atoms with E-state index in [2.05, 4.69) is 31.9 Å². The van der Waals surface area contributed by atoms with Crippen LogP contribution in [-0.4, -0.2) is 31.4 Å². The van der Waals surface area contributed by atoms with Crippen molar-refractivity contribution in [3.8, 4) is 0 Å². The van der Waals surface area contributed by atoms with Crippen LogP contribution in [-0.2, 0) is 9.59 Å². The Labute approximate surface area is 126 Å². The maximum Gasteiger partial charge on any atom is 0.238 e. The maximum atomic E-state index is 11.6. The Hall–Kier alpha value is -1.40. The fourth-order valence-electron chi connectivity index (χ4n) is 1.70. The quantitative estimate of drug-likeness (QED) is 0.659. The van der Waals surface area contributed by atoms with Crippen LogP contribution in [0, 0.1) is 5.92 Å². The van der Waals surface area contributed by atoms with E-state index in [1.807, 2.05) is 24.3 Å². The van der Waals surface area contributed by atoms with E-state index in [-0.39, 0.29) is 24.3 Å². The lowest BCUT2D eigenvalue weighted by Gasteiger charge is -2.07. The molecule has 1 aromatic carbocycles. The highest BCUT2D eigenvalue weighted by Crippen LogP contribution is 2.28. The van der Waals surface area contributed by atoms with Gasteiger partial charge in [0.15, 0.2) is 0 Å². The smallest absolute Gasteiger partial charge is 0.238 e. The summed E-state index contributed by atoms with van der Waals surface area (Å²) in [5.41, 5.74) is 0.766. The van der Waals surface area contributed by atoms with E-state index < -0.39 is 0 Å². The second-order valence-corrected chi connectivity index (χ2v) is 5.71. The number of hydrogen-bond donors (Lipinski definition) is 3. The molecule has 1 saturated carbocycles. The molecule has 0 aliphatic heterocycles. The maximum absolute atomic E-state index is 11.6. The van der Waals surface area contributed by atoms with Crippen LogP contribution < -0.4 is 16.0 Å². The van der Waals surface area contributed by atoms with E-state index in [4.69, 9.17) is 0 Å². The zero-order chi connectivity index (χ0) is 14.4. The topological polar surface area (TPSA) is 70.2 Å². The zero-order valence-corrected chi connectivity index (χ0v) is 12.7. The summed E-state index contributed by atoms with van der Waals surface area (Å²) >= 11 is 3.34. The summed E-state index contributed by atoms with van der Waals surface area (Å²) in [7, 11) is 0. The van der Waals surface area contributed by atoms with Crippen LogP contribution in [0.15, 0.2) is 28.7 Å². The second kappa shape index (κ2) is 7.40. The van der Waals surface area contributed by atoms with Crippen molar-refractivity contribution in [1.29, 1.82) is 0 Å². The number of halogens is 1. The lowest BCUT2D eigenvalue weighted by molar-refractivity contribution is -0.122. The highest BCUT2D eigenvalue weighted by atomic mass is 79.9. The van der Waals surface area contributed by atoms with E-state index >= 15 is 0 Å². The van der Waals surface area contributed by atoms with Crippen LogP contribution in [0.1, 0.15) is 12.8 Å². The number of rotatable bonds is 7. The summed E-state index contributed by atoms with van der Waals surface area (Å²) in [4.78, 5) is 23.0. The number of carbonyl (C=O) groups excluding carboxylic acids is 2. The minimum atomic E-state index is -0.0964. The lowest BCUT2D eigenvalue weighted by atomic mass is 10.3. The Bertz CT molecular complexity index is 472. The van der Waals surface area contributed by atoms with Gasteiger partial charge in [0, 0.05) is 29.2 Å². The third-order valence-electron chi connectivity index (χ3n) is 2.96. The number of carbonyl (C=O) groups is 2. The van der Waals surface area contributed by atoms with Gasteiger partial charge in [0.25, 0.3) is 0 Å². The molecule has 108 valence electrons. The Morgan fingerprint density at radius 2 is 1.85 bits per heavy atom. The number of amides is 2. The fourth-order valence-corrected chi connectivity index (χ4v) is 1.97. The van der Waals surface area contributed by atoms with Crippen molar-refractivity contribution in [2.24, 2.45) is 5.92 Å². The van der Waals surface area contributed by atoms with E-state index in [0.717, 1.165) is 23.0 Å². The minimum Gasteiger partial charge on any atom is -0.355 e. The molecule has 1 aliphatic rings. The van der Waals surface area contributed by atoms with Gasteiger partial charge in [-0.05, 0) is 37.1 Å². The Morgan fingerprint density at radius 1 is 1.15 bits per heavy atom. The second-order valence-electron chi connectivity index (χ2n) is 4.80. The van der Waals surface area contributed by atoms with Gasteiger partial charge in [0.2, 0.25) is 11.8 Å². The molecule has 1 aromatic rings. The Morgan fingerprint density at radius 3 is 2.50 bits per heavy atom. The molecule has 1 fully saturated rings. The third-order valence-corrected chi connectivity index (χ3v) is 3.49. The van der Waals surface area contributed by atoms with Gasteiger partial charge in [0.05, 0.1) is 6.54 Å². The summed E-state index contributed by atoms with van der Waals surface area (Å²) in [6, 6.07) is 7.41. The lowest BCUT2D eigenvalue weighted by Crippen LogP contribution is -2.36. The van der Waals surface area contributed by atoms with Gasteiger partial charge < -0.3 is 16.0 Å².